The van der Waals surface area contributed by atoms with Gasteiger partial charge in [-0.25, -0.2) is 0 Å². The molecule has 0 aliphatic carbocycles. The molecule has 2 N–H and O–H groups in total. The standard InChI is InChI=1S/C18H20N2O3/c1-22-14-8-13(9-15(10-14)23-2)20-18(21)7-12-11-19-17-6-4-3-5-16(12)17/h3-6,8-10,12,19H,7,11H2,1-2H3,(H,20,21). The molecule has 1 amide bonds. The van der Waals surface area contributed by atoms with Crippen molar-refractivity contribution in [3.63, 3.8) is 0 Å². The molecule has 0 aromatic heterocycles. The molecule has 5 nitrogen and oxygen atoms in total. The first kappa shape index (κ1) is 15.2. The van der Waals surface area contributed by atoms with Gasteiger partial charge < -0.3 is 20.1 Å². The van der Waals surface area contributed by atoms with E-state index in [1.54, 1.807) is 32.4 Å². The van der Waals surface area contributed by atoms with Crippen LogP contribution in [0.15, 0.2) is 42.5 Å². The van der Waals surface area contributed by atoms with Crippen LogP contribution in [-0.4, -0.2) is 26.7 Å². The molecule has 0 fully saturated rings. The zero-order valence-electron chi connectivity index (χ0n) is 13.3. The predicted molar refractivity (Wildman–Crippen MR) is 90.5 cm³/mol. The number of hydrogen-bond acceptors (Lipinski definition) is 4. The number of carbonyl (C=O) groups excluding carboxylic acids is 1. The van der Waals surface area contributed by atoms with Gasteiger partial charge in [-0.15, -0.1) is 0 Å². The Morgan fingerprint density at radius 2 is 1.87 bits per heavy atom. The molecule has 1 aliphatic rings. The summed E-state index contributed by atoms with van der Waals surface area (Å²) < 4.78 is 10.4. The third kappa shape index (κ3) is 3.39. The lowest BCUT2D eigenvalue weighted by molar-refractivity contribution is -0.116. The second-order valence-electron chi connectivity index (χ2n) is 5.52. The Balaban J connectivity index is 1.69. The third-order valence-electron chi connectivity index (χ3n) is 4.01. The minimum Gasteiger partial charge on any atom is -0.497 e. The number of methoxy groups -OCH3 is 2. The summed E-state index contributed by atoms with van der Waals surface area (Å²) >= 11 is 0. The molecule has 0 saturated carbocycles. The van der Waals surface area contributed by atoms with E-state index in [0.29, 0.717) is 23.6 Å². The Kier molecular flexibility index (Phi) is 4.37. The summed E-state index contributed by atoms with van der Waals surface area (Å²) in [5.74, 6) is 1.46. The summed E-state index contributed by atoms with van der Waals surface area (Å²) in [6.07, 6.45) is 0.434. The zero-order chi connectivity index (χ0) is 16.2. The van der Waals surface area contributed by atoms with Gasteiger partial charge in [-0.05, 0) is 11.6 Å². The van der Waals surface area contributed by atoms with E-state index in [2.05, 4.69) is 16.7 Å². The normalized spacial score (nSPS) is 15.5. The van der Waals surface area contributed by atoms with E-state index >= 15 is 0 Å². The zero-order valence-corrected chi connectivity index (χ0v) is 13.3. The fourth-order valence-electron chi connectivity index (χ4n) is 2.85. The number of amides is 1. The number of nitrogens with one attached hydrogen (secondary N) is 2. The van der Waals surface area contributed by atoms with Crippen molar-refractivity contribution in [3.05, 3.63) is 48.0 Å². The van der Waals surface area contributed by atoms with Crippen LogP contribution in [0.3, 0.4) is 0 Å². The average Bonchev–Trinajstić information content (AvgIpc) is 2.97. The average molecular weight is 312 g/mol. The number of para-hydroxylation sites is 1. The van der Waals surface area contributed by atoms with Gasteiger partial charge in [0.05, 0.1) is 14.2 Å². The van der Waals surface area contributed by atoms with Crippen molar-refractivity contribution in [2.24, 2.45) is 0 Å². The SMILES string of the molecule is COc1cc(NC(=O)CC2CNc3ccccc32)cc(OC)c1. The summed E-state index contributed by atoms with van der Waals surface area (Å²) in [4.78, 5) is 12.4. The summed E-state index contributed by atoms with van der Waals surface area (Å²) in [6.45, 7) is 0.786. The maximum absolute atomic E-state index is 12.4. The molecule has 1 heterocycles. The summed E-state index contributed by atoms with van der Waals surface area (Å²) in [6, 6.07) is 13.4. The van der Waals surface area contributed by atoms with E-state index < -0.39 is 0 Å². The molecule has 5 heteroatoms. The molecule has 23 heavy (non-hydrogen) atoms. The molecular weight excluding hydrogens is 292 g/mol. The lowest BCUT2D eigenvalue weighted by Crippen LogP contribution is -2.16. The molecule has 2 aromatic rings. The largest absolute Gasteiger partial charge is 0.497 e. The fourth-order valence-corrected chi connectivity index (χ4v) is 2.85. The molecular formula is C18H20N2O3. The van der Waals surface area contributed by atoms with Crippen LogP contribution in [0, 0.1) is 0 Å². The maximum Gasteiger partial charge on any atom is 0.225 e. The third-order valence-corrected chi connectivity index (χ3v) is 4.01. The van der Waals surface area contributed by atoms with Gasteiger partial charge in [0, 0.05) is 48.5 Å². The van der Waals surface area contributed by atoms with Crippen LogP contribution >= 0.6 is 0 Å². The fraction of sp³-hybridized carbons (Fsp3) is 0.278. The van der Waals surface area contributed by atoms with Crippen molar-refractivity contribution < 1.29 is 14.3 Å². The smallest absolute Gasteiger partial charge is 0.225 e. The van der Waals surface area contributed by atoms with Gasteiger partial charge >= 0.3 is 0 Å². The summed E-state index contributed by atoms with van der Waals surface area (Å²) in [7, 11) is 3.17. The number of carbonyl (C=O) groups is 1. The highest BCUT2D eigenvalue weighted by Gasteiger charge is 2.24. The number of rotatable bonds is 5. The van der Waals surface area contributed by atoms with E-state index in [1.165, 1.54) is 5.56 Å². The molecule has 1 aliphatic heterocycles. The highest BCUT2D eigenvalue weighted by atomic mass is 16.5. The predicted octanol–water partition coefficient (Wildman–Crippen LogP) is 3.24. The van der Waals surface area contributed by atoms with Crippen LogP contribution in [0.5, 0.6) is 11.5 Å². The number of ether oxygens (including phenoxy) is 2. The Labute approximate surface area is 135 Å². The Morgan fingerprint density at radius 1 is 1.17 bits per heavy atom. The Bertz CT molecular complexity index is 693. The van der Waals surface area contributed by atoms with E-state index in [9.17, 15) is 4.79 Å². The first-order valence-corrected chi connectivity index (χ1v) is 7.55. The first-order valence-electron chi connectivity index (χ1n) is 7.55. The first-order chi connectivity index (χ1) is 11.2. The van der Waals surface area contributed by atoms with Gasteiger partial charge in [0.15, 0.2) is 0 Å². The van der Waals surface area contributed by atoms with Crippen molar-refractivity contribution in [2.75, 3.05) is 31.4 Å². The van der Waals surface area contributed by atoms with Crippen molar-refractivity contribution in [1.29, 1.82) is 0 Å². The highest BCUT2D eigenvalue weighted by Crippen LogP contribution is 2.33. The summed E-state index contributed by atoms with van der Waals surface area (Å²) in [5.41, 5.74) is 2.99. The number of hydrogen-bond donors (Lipinski definition) is 2. The van der Waals surface area contributed by atoms with Crippen LogP contribution in [0.2, 0.25) is 0 Å². The van der Waals surface area contributed by atoms with E-state index in [4.69, 9.17) is 9.47 Å². The van der Waals surface area contributed by atoms with Gasteiger partial charge in [-0.3, -0.25) is 4.79 Å². The van der Waals surface area contributed by atoms with Crippen LogP contribution in [0.25, 0.3) is 0 Å². The number of benzene rings is 2. The van der Waals surface area contributed by atoms with Crippen molar-refractivity contribution in [3.8, 4) is 11.5 Å². The monoisotopic (exact) mass is 312 g/mol. The van der Waals surface area contributed by atoms with Crippen molar-refractivity contribution in [2.45, 2.75) is 12.3 Å². The van der Waals surface area contributed by atoms with Gasteiger partial charge in [0.1, 0.15) is 11.5 Å². The van der Waals surface area contributed by atoms with Gasteiger partial charge in [0.2, 0.25) is 5.91 Å². The van der Waals surface area contributed by atoms with E-state index in [1.807, 2.05) is 18.2 Å². The number of anilines is 2. The van der Waals surface area contributed by atoms with Crippen LogP contribution in [0.4, 0.5) is 11.4 Å². The molecule has 2 aromatic carbocycles. The van der Waals surface area contributed by atoms with Crippen LogP contribution in [0.1, 0.15) is 17.9 Å². The Morgan fingerprint density at radius 3 is 2.57 bits per heavy atom. The minimum absolute atomic E-state index is 0.0243. The molecule has 0 radical (unpaired) electrons. The molecule has 120 valence electrons. The second kappa shape index (κ2) is 6.60. The molecule has 0 bridgehead atoms. The van der Waals surface area contributed by atoms with Gasteiger partial charge in [0.25, 0.3) is 0 Å². The van der Waals surface area contributed by atoms with Crippen molar-refractivity contribution >= 4 is 17.3 Å². The molecule has 1 atom stereocenters. The van der Waals surface area contributed by atoms with Gasteiger partial charge in [-0.1, -0.05) is 18.2 Å². The Hall–Kier alpha value is -2.69. The maximum atomic E-state index is 12.4. The quantitative estimate of drug-likeness (QED) is 0.890. The minimum atomic E-state index is -0.0243. The summed E-state index contributed by atoms with van der Waals surface area (Å²) in [5, 5.41) is 6.26. The van der Waals surface area contributed by atoms with E-state index in [0.717, 1.165) is 12.2 Å². The van der Waals surface area contributed by atoms with Crippen LogP contribution < -0.4 is 20.1 Å². The second-order valence-corrected chi connectivity index (χ2v) is 5.52. The van der Waals surface area contributed by atoms with Crippen LogP contribution in [-0.2, 0) is 4.79 Å². The topological polar surface area (TPSA) is 59.6 Å². The van der Waals surface area contributed by atoms with Crippen molar-refractivity contribution in [1.82, 2.24) is 0 Å². The number of fused-ring (bicyclic) bond motifs is 1. The molecule has 1 unspecified atom stereocenters. The molecule has 3 rings (SSSR count). The molecule has 0 spiro atoms. The highest BCUT2D eigenvalue weighted by molar-refractivity contribution is 5.92. The molecule has 0 saturated heterocycles. The van der Waals surface area contributed by atoms with Gasteiger partial charge in [-0.2, -0.15) is 0 Å². The lowest BCUT2D eigenvalue weighted by atomic mass is 9.97. The lowest BCUT2D eigenvalue weighted by Gasteiger charge is -2.12. The van der Waals surface area contributed by atoms with E-state index in [-0.39, 0.29) is 11.8 Å².